The second-order valence-corrected chi connectivity index (χ2v) is 4.74. The molecule has 0 saturated heterocycles. The largest absolute Gasteiger partial charge is 0.478 e. The molecule has 0 aliphatic heterocycles. The van der Waals surface area contributed by atoms with E-state index in [0.717, 1.165) is 6.21 Å². The van der Waals surface area contributed by atoms with Crippen molar-refractivity contribution in [3.63, 3.8) is 0 Å². The van der Waals surface area contributed by atoms with E-state index in [1.807, 2.05) is 0 Å². The van der Waals surface area contributed by atoms with Gasteiger partial charge in [0.25, 0.3) is 5.91 Å². The Bertz CT molecular complexity index is 786. The van der Waals surface area contributed by atoms with Crippen LogP contribution in [0.15, 0.2) is 41.5 Å². The Hall–Kier alpha value is -2.80. The first kappa shape index (κ1) is 16.6. The van der Waals surface area contributed by atoms with Crippen LogP contribution in [-0.2, 0) is 0 Å². The van der Waals surface area contributed by atoms with Gasteiger partial charge in [0.15, 0.2) is 0 Å². The zero-order valence-corrected chi connectivity index (χ0v) is 12.1. The number of aromatic carboxylic acids is 1. The average molecular weight is 339 g/mol. The molecule has 8 heteroatoms. The van der Waals surface area contributed by atoms with E-state index in [-0.39, 0.29) is 10.6 Å². The minimum atomic E-state index is -1.46. The van der Waals surface area contributed by atoms with Gasteiger partial charge in [-0.2, -0.15) is 5.10 Å². The molecule has 0 radical (unpaired) electrons. The number of nitrogens with zero attached hydrogens (tertiary/aromatic N) is 1. The quantitative estimate of drug-likeness (QED) is 0.664. The smallest absolute Gasteiger partial charge is 0.335 e. The van der Waals surface area contributed by atoms with Crippen molar-refractivity contribution in [2.24, 2.45) is 5.10 Å². The number of nitrogens with one attached hydrogen (secondary N) is 1. The van der Waals surface area contributed by atoms with Crippen molar-refractivity contribution in [2.75, 3.05) is 0 Å². The minimum absolute atomic E-state index is 0.147. The minimum Gasteiger partial charge on any atom is -0.478 e. The van der Waals surface area contributed by atoms with Crippen molar-refractivity contribution in [2.45, 2.75) is 0 Å². The predicted molar refractivity (Wildman–Crippen MR) is 79.8 cm³/mol. The molecule has 0 aliphatic rings. The molecule has 2 aromatic carbocycles. The maximum absolute atomic E-state index is 13.7. The van der Waals surface area contributed by atoms with Gasteiger partial charge in [-0.3, -0.25) is 4.79 Å². The number of benzene rings is 2. The summed E-state index contributed by atoms with van der Waals surface area (Å²) in [5.41, 5.74) is 1.12. The monoisotopic (exact) mass is 338 g/mol. The van der Waals surface area contributed by atoms with E-state index in [2.05, 4.69) is 10.5 Å². The van der Waals surface area contributed by atoms with Gasteiger partial charge < -0.3 is 5.11 Å². The first-order valence-corrected chi connectivity index (χ1v) is 6.58. The Morgan fingerprint density at radius 1 is 1.17 bits per heavy atom. The summed E-state index contributed by atoms with van der Waals surface area (Å²) < 4.78 is 27.3. The van der Waals surface area contributed by atoms with Gasteiger partial charge in [-0.1, -0.05) is 23.7 Å². The van der Waals surface area contributed by atoms with Crippen LogP contribution in [0.4, 0.5) is 8.78 Å². The molecule has 0 aromatic heterocycles. The Morgan fingerprint density at radius 3 is 2.35 bits per heavy atom. The van der Waals surface area contributed by atoms with E-state index in [1.165, 1.54) is 12.1 Å². The molecule has 23 heavy (non-hydrogen) atoms. The molecular formula is C15H9ClF2N2O3. The van der Waals surface area contributed by atoms with Gasteiger partial charge in [0, 0.05) is 0 Å². The van der Waals surface area contributed by atoms with E-state index in [1.54, 1.807) is 12.1 Å². The highest BCUT2D eigenvalue weighted by atomic mass is 35.5. The fraction of sp³-hybridized carbons (Fsp3) is 0. The number of hydrogen-bond acceptors (Lipinski definition) is 3. The maximum Gasteiger partial charge on any atom is 0.335 e. The number of halogens is 3. The highest BCUT2D eigenvalue weighted by molar-refractivity contribution is 6.33. The topological polar surface area (TPSA) is 78.8 Å². The molecule has 2 N–H and O–H groups in total. The number of carboxylic acid groups (broad SMARTS) is 1. The summed E-state index contributed by atoms with van der Waals surface area (Å²) in [5, 5.41) is 12.3. The van der Waals surface area contributed by atoms with Crippen LogP contribution in [-0.4, -0.2) is 23.2 Å². The molecule has 0 bridgehead atoms. The molecule has 0 spiro atoms. The van der Waals surface area contributed by atoms with Crippen LogP contribution in [0.25, 0.3) is 0 Å². The number of carboxylic acids is 1. The molecule has 1 amide bonds. The summed E-state index contributed by atoms with van der Waals surface area (Å²) >= 11 is 5.82. The summed E-state index contributed by atoms with van der Waals surface area (Å²) in [6.07, 6.45) is 0.741. The van der Waals surface area contributed by atoms with E-state index in [4.69, 9.17) is 16.7 Å². The van der Waals surface area contributed by atoms with Gasteiger partial charge in [0.2, 0.25) is 0 Å². The lowest BCUT2D eigenvalue weighted by Gasteiger charge is -2.03. The summed E-state index contributed by atoms with van der Waals surface area (Å²) in [7, 11) is 0. The highest BCUT2D eigenvalue weighted by Gasteiger charge is 2.13. The molecule has 118 valence electrons. The van der Waals surface area contributed by atoms with E-state index >= 15 is 0 Å². The van der Waals surface area contributed by atoms with Gasteiger partial charge in [-0.15, -0.1) is 0 Å². The molecule has 2 aromatic rings. The van der Waals surface area contributed by atoms with Crippen molar-refractivity contribution in [1.82, 2.24) is 5.43 Å². The maximum atomic E-state index is 13.7. The van der Waals surface area contributed by atoms with Gasteiger partial charge >= 0.3 is 5.97 Å². The van der Waals surface area contributed by atoms with Crippen LogP contribution >= 0.6 is 11.6 Å². The molecule has 0 atom stereocenters. The van der Waals surface area contributed by atoms with E-state index in [0.29, 0.717) is 12.1 Å². The number of carbonyl (C=O) groups is 2. The van der Waals surface area contributed by atoms with E-state index in [9.17, 15) is 18.4 Å². The summed E-state index contributed by atoms with van der Waals surface area (Å²) in [5.74, 6) is -4.34. The Morgan fingerprint density at radius 2 is 1.78 bits per heavy atom. The SMILES string of the molecule is O=C(O)c1cc(F)c(C=NNC(=O)c2ccccc2Cl)c(F)c1. The van der Waals surface area contributed by atoms with Crippen molar-refractivity contribution in [3.8, 4) is 0 Å². The van der Waals surface area contributed by atoms with Crippen LogP contribution in [0.2, 0.25) is 5.02 Å². The molecule has 0 saturated carbocycles. The molecular weight excluding hydrogens is 330 g/mol. The number of hydrazone groups is 1. The molecule has 2 rings (SSSR count). The number of hydrogen-bond donors (Lipinski definition) is 2. The van der Waals surface area contributed by atoms with Crippen molar-refractivity contribution >= 4 is 29.7 Å². The Labute approximate surface area is 134 Å². The highest BCUT2D eigenvalue weighted by Crippen LogP contribution is 2.15. The average Bonchev–Trinajstić information content (AvgIpc) is 2.49. The summed E-state index contributed by atoms with van der Waals surface area (Å²) in [4.78, 5) is 22.5. The molecule has 0 aliphatic carbocycles. The second-order valence-electron chi connectivity index (χ2n) is 4.34. The predicted octanol–water partition coefficient (Wildman–Crippen LogP) is 3.08. The first-order valence-electron chi connectivity index (χ1n) is 6.20. The van der Waals surface area contributed by atoms with Gasteiger partial charge in [0.1, 0.15) is 11.6 Å². The summed E-state index contributed by atoms with van der Waals surface area (Å²) in [6, 6.07) is 7.50. The van der Waals surface area contributed by atoms with Gasteiger partial charge in [0.05, 0.1) is 27.9 Å². The molecule has 0 fully saturated rings. The number of rotatable bonds is 4. The van der Waals surface area contributed by atoms with Crippen LogP contribution in [0.5, 0.6) is 0 Å². The number of amides is 1. The fourth-order valence-corrected chi connectivity index (χ4v) is 1.91. The molecule has 0 unspecified atom stereocenters. The van der Waals surface area contributed by atoms with Crippen LogP contribution < -0.4 is 5.43 Å². The number of carbonyl (C=O) groups excluding carboxylic acids is 1. The Kier molecular flexibility index (Phi) is 5.02. The second kappa shape index (κ2) is 6.97. The van der Waals surface area contributed by atoms with Crippen LogP contribution in [0, 0.1) is 11.6 Å². The van der Waals surface area contributed by atoms with Crippen molar-refractivity contribution < 1.29 is 23.5 Å². The zero-order chi connectivity index (χ0) is 17.0. The van der Waals surface area contributed by atoms with Crippen molar-refractivity contribution in [1.29, 1.82) is 0 Å². The van der Waals surface area contributed by atoms with Crippen LogP contribution in [0.3, 0.4) is 0 Å². The standard InChI is InChI=1S/C15H9ClF2N2O3/c16-11-4-2-1-3-9(11)14(21)20-19-7-10-12(17)5-8(15(22)23)6-13(10)18/h1-7H,(H,20,21)(H,22,23). The van der Waals surface area contributed by atoms with E-state index < -0.39 is 34.6 Å². The van der Waals surface area contributed by atoms with Crippen LogP contribution in [0.1, 0.15) is 26.3 Å². The third-order valence-electron chi connectivity index (χ3n) is 2.80. The third-order valence-corrected chi connectivity index (χ3v) is 3.13. The third kappa shape index (κ3) is 3.89. The molecule has 5 nitrogen and oxygen atoms in total. The normalized spacial score (nSPS) is 10.7. The van der Waals surface area contributed by atoms with Crippen molar-refractivity contribution in [3.05, 3.63) is 69.7 Å². The lowest BCUT2D eigenvalue weighted by Crippen LogP contribution is -2.18. The molecule has 0 heterocycles. The Balaban J connectivity index is 2.17. The lowest BCUT2D eigenvalue weighted by atomic mass is 10.1. The summed E-state index contributed by atoms with van der Waals surface area (Å²) in [6.45, 7) is 0. The van der Waals surface area contributed by atoms with Gasteiger partial charge in [-0.05, 0) is 24.3 Å². The fourth-order valence-electron chi connectivity index (χ4n) is 1.69. The van der Waals surface area contributed by atoms with Gasteiger partial charge in [-0.25, -0.2) is 19.0 Å². The first-order chi connectivity index (χ1) is 10.9. The lowest BCUT2D eigenvalue weighted by molar-refractivity contribution is 0.0695. The zero-order valence-electron chi connectivity index (χ0n) is 11.4.